The fraction of sp³-hybridized carbons (Fsp3) is 0.722. The number of aromatic nitrogens is 1. The molecule has 8 nitrogen and oxygen atoms in total. The molecule has 0 spiro atoms. The Balaban J connectivity index is 1.69. The third kappa shape index (κ3) is 4.07. The second-order valence-electron chi connectivity index (χ2n) is 7.00. The van der Waals surface area contributed by atoms with Crippen LogP contribution in [-0.2, 0) is 9.53 Å². The molecule has 0 unspecified atom stereocenters. The van der Waals surface area contributed by atoms with Crippen LogP contribution in [0.2, 0.25) is 0 Å². The number of hydrogen-bond donors (Lipinski definition) is 2. The van der Waals surface area contributed by atoms with Crippen LogP contribution >= 0.6 is 0 Å². The summed E-state index contributed by atoms with van der Waals surface area (Å²) >= 11 is 0. The number of carbonyl (C=O) groups is 2. The lowest BCUT2D eigenvalue weighted by Gasteiger charge is -2.34. The Morgan fingerprint density at radius 2 is 2.00 bits per heavy atom. The molecule has 8 heteroatoms. The van der Waals surface area contributed by atoms with Gasteiger partial charge in [-0.1, -0.05) is 0 Å². The highest BCUT2D eigenvalue weighted by atomic mass is 16.5. The van der Waals surface area contributed by atoms with Gasteiger partial charge in [-0.3, -0.25) is 14.5 Å². The zero-order valence-corrected chi connectivity index (χ0v) is 15.7. The summed E-state index contributed by atoms with van der Waals surface area (Å²) in [6.45, 7) is 8.09. The number of nitrogens with zero attached hydrogens (tertiary/aromatic N) is 2. The van der Waals surface area contributed by atoms with E-state index in [2.05, 4.69) is 20.5 Å². The standard InChI is InChI=1S/C18H28N4O4/c1-4-19-17(23)15-9-13(10-22(15)14-5-7-25-8-6-14)21-18(24)16-11(2)20-12(3)26-16/h13-15H,4-10H2,1-3H3,(H,19,23)(H,21,24)/t13-,15-/m0/s1. The maximum absolute atomic E-state index is 12.5. The lowest BCUT2D eigenvalue weighted by Crippen LogP contribution is -2.49. The first-order valence-corrected chi connectivity index (χ1v) is 9.35. The highest BCUT2D eigenvalue weighted by Gasteiger charge is 2.41. The summed E-state index contributed by atoms with van der Waals surface area (Å²) in [4.78, 5) is 31.4. The van der Waals surface area contributed by atoms with Crippen LogP contribution < -0.4 is 10.6 Å². The lowest BCUT2D eigenvalue weighted by atomic mass is 10.1. The Hall–Kier alpha value is -1.93. The van der Waals surface area contributed by atoms with Crippen LogP contribution in [0.15, 0.2) is 4.42 Å². The van der Waals surface area contributed by atoms with Crippen molar-refractivity contribution in [3.05, 3.63) is 17.3 Å². The molecule has 144 valence electrons. The number of ether oxygens (including phenoxy) is 1. The van der Waals surface area contributed by atoms with E-state index >= 15 is 0 Å². The first-order chi connectivity index (χ1) is 12.5. The van der Waals surface area contributed by atoms with E-state index in [9.17, 15) is 9.59 Å². The van der Waals surface area contributed by atoms with Gasteiger partial charge in [-0.25, -0.2) is 4.98 Å². The Morgan fingerprint density at radius 3 is 2.62 bits per heavy atom. The molecule has 26 heavy (non-hydrogen) atoms. The number of hydrogen-bond acceptors (Lipinski definition) is 6. The molecular weight excluding hydrogens is 336 g/mol. The predicted octanol–water partition coefficient (Wildman–Crippen LogP) is 0.779. The Morgan fingerprint density at radius 1 is 1.27 bits per heavy atom. The van der Waals surface area contributed by atoms with Gasteiger partial charge in [-0.05, 0) is 33.1 Å². The summed E-state index contributed by atoms with van der Waals surface area (Å²) in [5.74, 6) is 0.490. The van der Waals surface area contributed by atoms with E-state index in [4.69, 9.17) is 9.15 Å². The number of carbonyl (C=O) groups excluding carboxylic acids is 2. The first kappa shape index (κ1) is 18.8. The molecule has 0 bridgehead atoms. The van der Waals surface area contributed by atoms with Crippen molar-refractivity contribution in [1.29, 1.82) is 0 Å². The number of nitrogens with one attached hydrogen (secondary N) is 2. The minimum atomic E-state index is -0.267. The van der Waals surface area contributed by atoms with E-state index in [1.54, 1.807) is 13.8 Å². The SMILES string of the molecule is CCNC(=O)[C@@H]1C[C@H](NC(=O)c2oc(C)nc2C)CN1C1CCOCC1. The monoisotopic (exact) mass is 364 g/mol. The molecule has 0 saturated carbocycles. The fourth-order valence-electron chi connectivity index (χ4n) is 3.93. The van der Waals surface area contributed by atoms with Gasteiger partial charge in [0.15, 0.2) is 5.89 Å². The van der Waals surface area contributed by atoms with Crippen LogP contribution in [0.5, 0.6) is 0 Å². The van der Waals surface area contributed by atoms with Crippen LogP contribution in [-0.4, -0.2) is 66.1 Å². The van der Waals surface area contributed by atoms with Crippen molar-refractivity contribution in [2.45, 2.75) is 58.2 Å². The van der Waals surface area contributed by atoms with Gasteiger partial charge in [0.25, 0.3) is 5.91 Å². The highest BCUT2D eigenvalue weighted by Crippen LogP contribution is 2.26. The van der Waals surface area contributed by atoms with Gasteiger partial charge in [0.05, 0.1) is 11.7 Å². The number of rotatable bonds is 5. The van der Waals surface area contributed by atoms with Gasteiger partial charge >= 0.3 is 0 Å². The van der Waals surface area contributed by atoms with Crippen molar-refractivity contribution in [3.63, 3.8) is 0 Å². The first-order valence-electron chi connectivity index (χ1n) is 9.35. The van der Waals surface area contributed by atoms with Gasteiger partial charge in [-0.2, -0.15) is 0 Å². The molecule has 2 saturated heterocycles. The lowest BCUT2D eigenvalue weighted by molar-refractivity contribution is -0.126. The van der Waals surface area contributed by atoms with Crippen LogP contribution in [0.4, 0.5) is 0 Å². The van der Waals surface area contributed by atoms with Crippen molar-refractivity contribution < 1.29 is 18.7 Å². The second-order valence-corrected chi connectivity index (χ2v) is 7.00. The van der Waals surface area contributed by atoms with Crippen molar-refractivity contribution in [3.8, 4) is 0 Å². The second kappa shape index (κ2) is 8.18. The molecule has 3 rings (SSSR count). The molecule has 2 aliphatic rings. The summed E-state index contributed by atoms with van der Waals surface area (Å²) in [6.07, 6.45) is 2.43. The number of amides is 2. The minimum Gasteiger partial charge on any atom is -0.436 e. The van der Waals surface area contributed by atoms with Gasteiger partial charge in [-0.15, -0.1) is 0 Å². The average molecular weight is 364 g/mol. The molecule has 3 heterocycles. The largest absolute Gasteiger partial charge is 0.436 e. The topological polar surface area (TPSA) is 96.7 Å². The van der Waals surface area contributed by atoms with Crippen molar-refractivity contribution in [1.82, 2.24) is 20.5 Å². The summed E-state index contributed by atoms with van der Waals surface area (Å²) in [5.41, 5.74) is 0.583. The maximum atomic E-state index is 12.5. The minimum absolute atomic E-state index is 0.0300. The predicted molar refractivity (Wildman–Crippen MR) is 94.9 cm³/mol. The van der Waals surface area contributed by atoms with Crippen LogP contribution in [0.1, 0.15) is 48.3 Å². The van der Waals surface area contributed by atoms with Crippen LogP contribution in [0.3, 0.4) is 0 Å². The summed E-state index contributed by atoms with van der Waals surface area (Å²) in [6, 6.07) is -0.00353. The summed E-state index contributed by atoms with van der Waals surface area (Å²) in [7, 11) is 0. The molecular formula is C18H28N4O4. The number of likely N-dealkylation sites (tertiary alicyclic amines) is 1. The van der Waals surface area contributed by atoms with Gasteiger partial charge in [0, 0.05) is 45.3 Å². The third-order valence-electron chi connectivity index (χ3n) is 5.10. The Kier molecular flexibility index (Phi) is 5.93. The molecule has 2 amide bonds. The molecule has 0 aromatic carbocycles. The number of aryl methyl sites for hydroxylation is 2. The molecule has 2 N–H and O–H groups in total. The summed E-state index contributed by atoms with van der Waals surface area (Å²) < 4.78 is 10.9. The molecule has 2 fully saturated rings. The van der Waals surface area contributed by atoms with Gasteiger partial charge in [0.2, 0.25) is 11.7 Å². The van der Waals surface area contributed by atoms with Gasteiger partial charge < -0.3 is 19.8 Å². The zero-order chi connectivity index (χ0) is 18.7. The summed E-state index contributed by atoms with van der Waals surface area (Å²) in [5, 5.41) is 5.94. The molecule has 2 atom stereocenters. The molecule has 1 aromatic rings. The molecule has 1 aromatic heterocycles. The van der Waals surface area contributed by atoms with E-state index in [0.717, 1.165) is 26.1 Å². The van der Waals surface area contributed by atoms with E-state index in [1.807, 2.05) is 6.92 Å². The average Bonchev–Trinajstić information content (AvgIpc) is 3.19. The Labute approximate surface area is 153 Å². The van der Waals surface area contributed by atoms with Crippen LogP contribution in [0.25, 0.3) is 0 Å². The fourth-order valence-corrected chi connectivity index (χ4v) is 3.93. The Bertz CT molecular complexity index is 654. The quantitative estimate of drug-likeness (QED) is 0.801. The van der Waals surface area contributed by atoms with Gasteiger partial charge in [0.1, 0.15) is 0 Å². The van der Waals surface area contributed by atoms with Crippen molar-refractivity contribution >= 4 is 11.8 Å². The molecule has 2 aliphatic heterocycles. The normalized spacial score (nSPS) is 24.6. The van der Waals surface area contributed by atoms with E-state index in [-0.39, 0.29) is 29.7 Å². The highest BCUT2D eigenvalue weighted by molar-refractivity contribution is 5.92. The smallest absolute Gasteiger partial charge is 0.289 e. The number of oxazole rings is 1. The number of likely N-dealkylation sites (N-methyl/N-ethyl adjacent to an activating group) is 1. The molecule has 0 radical (unpaired) electrons. The van der Waals surface area contributed by atoms with Crippen molar-refractivity contribution in [2.75, 3.05) is 26.3 Å². The zero-order valence-electron chi connectivity index (χ0n) is 15.7. The third-order valence-corrected chi connectivity index (χ3v) is 5.10. The van der Waals surface area contributed by atoms with E-state index in [0.29, 0.717) is 37.1 Å². The molecule has 0 aliphatic carbocycles. The van der Waals surface area contributed by atoms with Crippen molar-refractivity contribution in [2.24, 2.45) is 0 Å². The maximum Gasteiger partial charge on any atom is 0.289 e. The van der Waals surface area contributed by atoms with E-state index < -0.39 is 0 Å². The van der Waals surface area contributed by atoms with Crippen LogP contribution in [0, 0.1) is 13.8 Å². The van der Waals surface area contributed by atoms with E-state index in [1.165, 1.54) is 0 Å².